The lowest BCUT2D eigenvalue weighted by atomic mass is 9.95. The molecule has 2 heterocycles. The molecular weight excluding hydrogens is 466 g/mol. The number of carbonyl (C=O) groups excluding carboxylic acids is 2. The number of carbonyl (C=O) groups is 2. The Morgan fingerprint density at radius 1 is 1.14 bits per heavy atom. The van der Waals surface area contributed by atoms with Crippen LogP contribution in [-0.4, -0.2) is 66.0 Å². The van der Waals surface area contributed by atoms with E-state index in [1.807, 2.05) is 18.3 Å². The number of fused-ring (bicyclic) bond motifs is 1. The number of piperidine rings is 1. The zero-order valence-corrected chi connectivity index (χ0v) is 22.2. The smallest absolute Gasteiger partial charge is 0.245 e. The van der Waals surface area contributed by atoms with Crippen molar-refractivity contribution in [2.45, 2.75) is 51.0 Å². The Bertz CT molecular complexity index is 1190. The normalized spacial score (nSPS) is 15.5. The molecule has 1 aromatic heterocycles. The largest absolute Gasteiger partial charge is 0.346 e. The van der Waals surface area contributed by atoms with E-state index in [0.29, 0.717) is 6.42 Å². The molecule has 4 rings (SSSR count). The molecule has 198 valence electrons. The van der Waals surface area contributed by atoms with Crippen molar-refractivity contribution in [1.29, 1.82) is 0 Å². The second kappa shape index (κ2) is 12.8. The van der Waals surface area contributed by atoms with E-state index < -0.39 is 0 Å². The summed E-state index contributed by atoms with van der Waals surface area (Å²) >= 11 is 0. The lowest BCUT2D eigenvalue weighted by Gasteiger charge is -2.29. The van der Waals surface area contributed by atoms with E-state index in [0.717, 1.165) is 68.7 Å². The van der Waals surface area contributed by atoms with E-state index in [-0.39, 0.29) is 23.8 Å². The Morgan fingerprint density at radius 2 is 1.89 bits per heavy atom. The van der Waals surface area contributed by atoms with Gasteiger partial charge in [0.2, 0.25) is 11.8 Å². The summed E-state index contributed by atoms with van der Waals surface area (Å²) in [6, 6.07) is 14.5. The van der Waals surface area contributed by atoms with Crippen molar-refractivity contribution in [2.24, 2.45) is 5.92 Å². The Kier molecular flexibility index (Phi) is 9.30. The maximum atomic E-state index is 13.2. The van der Waals surface area contributed by atoms with Gasteiger partial charge >= 0.3 is 0 Å². The number of benzene rings is 2. The summed E-state index contributed by atoms with van der Waals surface area (Å²) in [7, 11) is 5.22. The number of hydrogen-bond acceptors (Lipinski definition) is 5. The molecule has 1 aliphatic rings. The summed E-state index contributed by atoms with van der Waals surface area (Å²) in [4.78, 5) is 40.5. The third-order valence-corrected chi connectivity index (χ3v) is 7.40. The van der Waals surface area contributed by atoms with Crippen molar-refractivity contribution >= 4 is 22.6 Å². The van der Waals surface area contributed by atoms with Crippen molar-refractivity contribution < 1.29 is 14.4 Å². The molecule has 1 fully saturated rings. The fraction of sp³-hybridized carbons (Fsp3) is 0.483. The van der Waals surface area contributed by atoms with Crippen LogP contribution in [0, 0.1) is 5.92 Å². The molecule has 2 amide bonds. The minimum atomic E-state index is -0.196. The zero-order valence-electron chi connectivity index (χ0n) is 22.2. The van der Waals surface area contributed by atoms with Gasteiger partial charge in [-0.15, -0.1) is 0 Å². The van der Waals surface area contributed by atoms with Crippen LogP contribution in [-0.2, 0) is 14.4 Å². The monoisotopic (exact) mass is 505 g/mol. The van der Waals surface area contributed by atoms with Gasteiger partial charge in [0.15, 0.2) is 0 Å². The fourth-order valence-electron chi connectivity index (χ4n) is 4.92. The quantitative estimate of drug-likeness (QED) is 0.291. The third kappa shape index (κ3) is 7.17. The molecule has 0 radical (unpaired) electrons. The molecular formula is C29H39N5O3. The molecule has 37 heavy (non-hydrogen) atoms. The minimum absolute atomic E-state index is 0.0271. The number of hydrogen-bond donors (Lipinski definition) is 2. The molecule has 8 heteroatoms. The van der Waals surface area contributed by atoms with Crippen LogP contribution in [0.3, 0.4) is 0 Å². The van der Waals surface area contributed by atoms with Gasteiger partial charge in [0.25, 0.3) is 0 Å². The van der Waals surface area contributed by atoms with Crippen LogP contribution in [0.15, 0.2) is 48.7 Å². The van der Waals surface area contributed by atoms with E-state index in [1.165, 1.54) is 22.9 Å². The molecule has 3 aromatic rings. The summed E-state index contributed by atoms with van der Waals surface area (Å²) in [5, 5.41) is 6.93. The number of aromatic nitrogens is 2. The molecule has 0 bridgehead atoms. The topological polar surface area (TPSA) is 90.6 Å². The SMILES string of the molecule is CON(C)C(=O)CCCCC[C@H](NC(=O)C1CCN(C)CC1)c1ncc(-c2ccc3ccccc3c2)[nH]1. The number of H-pyrrole nitrogens is 1. The Hall–Kier alpha value is -3.23. The second-order valence-corrected chi connectivity index (χ2v) is 10.1. The maximum absolute atomic E-state index is 13.2. The van der Waals surface area contributed by atoms with Gasteiger partial charge in [-0.2, -0.15) is 0 Å². The Balaban J connectivity index is 1.43. The van der Waals surface area contributed by atoms with Crippen LogP contribution >= 0.6 is 0 Å². The van der Waals surface area contributed by atoms with Crippen LogP contribution in [0.1, 0.15) is 56.8 Å². The van der Waals surface area contributed by atoms with Gasteiger partial charge in [-0.3, -0.25) is 14.4 Å². The standard InChI is InChI=1S/C29H39N5O3/c1-33-17-15-22(16-18-33)29(36)32-25(11-5-4-6-12-27(35)34(2)37-3)28-30-20-26(31-28)24-14-13-21-9-7-8-10-23(21)19-24/h7-10,13-14,19-20,22,25H,4-6,11-12,15-18H2,1-3H3,(H,30,31)(H,32,36)/t25-/m0/s1. The van der Waals surface area contributed by atoms with Crippen molar-refractivity contribution in [3.63, 3.8) is 0 Å². The molecule has 1 atom stereocenters. The summed E-state index contributed by atoms with van der Waals surface area (Å²) in [6.45, 7) is 1.89. The number of unbranched alkanes of at least 4 members (excludes halogenated alkanes) is 2. The van der Waals surface area contributed by atoms with Gasteiger partial charge in [0, 0.05) is 24.9 Å². The molecule has 0 aliphatic carbocycles. The molecule has 8 nitrogen and oxygen atoms in total. The van der Waals surface area contributed by atoms with Gasteiger partial charge in [0.05, 0.1) is 25.0 Å². The first-order valence-electron chi connectivity index (χ1n) is 13.3. The first-order valence-corrected chi connectivity index (χ1v) is 13.3. The van der Waals surface area contributed by atoms with E-state index in [2.05, 4.69) is 57.6 Å². The maximum Gasteiger partial charge on any atom is 0.245 e. The lowest BCUT2D eigenvalue weighted by Crippen LogP contribution is -2.40. The van der Waals surface area contributed by atoms with Gasteiger partial charge in [-0.1, -0.05) is 49.2 Å². The average molecular weight is 506 g/mol. The van der Waals surface area contributed by atoms with E-state index in [1.54, 1.807) is 7.05 Å². The summed E-state index contributed by atoms with van der Waals surface area (Å²) in [5.41, 5.74) is 2.01. The lowest BCUT2D eigenvalue weighted by molar-refractivity contribution is -0.168. The van der Waals surface area contributed by atoms with Gasteiger partial charge in [-0.25, -0.2) is 10.0 Å². The van der Waals surface area contributed by atoms with Crippen molar-refractivity contribution in [2.75, 3.05) is 34.3 Å². The molecule has 0 saturated carbocycles. The molecule has 2 aromatic carbocycles. The number of nitrogens with zero attached hydrogens (tertiary/aromatic N) is 3. The van der Waals surface area contributed by atoms with Crippen LogP contribution in [0.25, 0.3) is 22.0 Å². The fourth-order valence-corrected chi connectivity index (χ4v) is 4.92. The van der Waals surface area contributed by atoms with Gasteiger partial charge in [-0.05, 0) is 62.7 Å². The Labute approximate surface area is 219 Å². The van der Waals surface area contributed by atoms with E-state index in [9.17, 15) is 9.59 Å². The average Bonchev–Trinajstić information content (AvgIpc) is 3.42. The van der Waals surface area contributed by atoms with Crippen molar-refractivity contribution in [3.05, 3.63) is 54.5 Å². The summed E-state index contributed by atoms with van der Waals surface area (Å²) in [6.07, 6.45) is 7.38. The Morgan fingerprint density at radius 3 is 2.65 bits per heavy atom. The number of rotatable bonds is 11. The molecule has 0 unspecified atom stereocenters. The predicted octanol–water partition coefficient (Wildman–Crippen LogP) is 4.70. The number of imidazole rings is 1. The summed E-state index contributed by atoms with van der Waals surface area (Å²) < 4.78 is 0. The highest BCUT2D eigenvalue weighted by Gasteiger charge is 2.26. The third-order valence-electron chi connectivity index (χ3n) is 7.40. The van der Waals surface area contributed by atoms with E-state index in [4.69, 9.17) is 4.84 Å². The van der Waals surface area contributed by atoms with Crippen LogP contribution < -0.4 is 5.32 Å². The highest BCUT2D eigenvalue weighted by molar-refractivity contribution is 5.86. The van der Waals surface area contributed by atoms with E-state index >= 15 is 0 Å². The van der Waals surface area contributed by atoms with Crippen LogP contribution in [0.2, 0.25) is 0 Å². The van der Waals surface area contributed by atoms with Crippen LogP contribution in [0.4, 0.5) is 0 Å². The molecule has 1 aliphatic heterocycles. The minimum Gasteiger partial charge on any atom is -0.346 e. The zero-order chi connectivity index (χ0) is 26.2. The number of nitrogens with one attached hydrogen (secondary N) is 2. The highest BCUT2D eigenvalue weighted by atomic mass is 16.7. The predicted molar refractivity (Wildman–Crippen MR) is 145 cm³/mol. The van der Waals surface area contributed by atoms with Crippen LogP contribution in [0.5, 0.6) is 0 Å². The first-order chi connectivity index (χ1) is 17.9. The molecule has 0 spiro atoms. The molecule has 2 N–H and O–H groups in total. The van der Waals surface area contributed by atoms with Gasteiger partial charge in [0.1, 0.15) is 5.82 Å². The van der Waals surface area contributed by atoms with Crippen molar-refractivity contribution in [3.8, 4) is 11.3 Å². The number of amides is 2. The first kappa shape index (κ1) is 26.8. The number of hydroxylamine groups is 2. The number of likely N-dealkylation sites (tertiary alicyclic amines) is 1. The highest BCUT2D eigenvalue weighted by Crippen LogP contribution is 2.27. The molecule has 1 saturated heterocycles. The number of aromatic amines is 1. The van der Waals surface area contributed by atoms with Crippen molar-refractivity contribution in [1.82, 2.24) is 25.2 Å². The van der Waals surface area contributed by atoms with Gasteiger partial charge < -0.3 is 15.2 Å². The second-order valence-electron chi connectivity index (χ2n) is 10.1. The summed E-state index contributed by atoms with van der Waals surface area (Å²) in [5.74, 6) is 0.898.